The third kappa shape index (κ3) is 2.79. The van der Waals surface area contributed by atoms with E-state index < -0.39 is 0 Å². The largest absolute Gasteiger partial charge is 0.328 e. The Morgan fingerprint density at radius 2 is 2.05 bits per heavy atom. The van der Waals surface area contributed by atoms with Crippen molar-refractivity contribution in [1.82, 2.24) is 9.55 Å². The van der Waals surface area contributed by atoms with E-state index in [0.29, 0.717) is 5.56 Å². The van der Waals surface area contributed by atoms with Gasteiger partial charge in [-0.3, -0.25) is 14.3 Å². The SMILES string of the molecule is C/C(=C\C1(C)CC(C)C1)c1cn(C(C)C)c(=O)[nH]c1=O. The van der Waals surface area contributed by atoms with Crippen molar-refractivity contribution in [2.45, 2.75) is 53.5 Å². The van der Waals surface area contributed by atoms with Crippen LogP contribution in [0.5, 0.6) is 0 Å². The summed E-state index contributed by atoms with van der Waals surface area (Å²) in [4.78, 5) is 26.2. The molecule has 20 heavy (non-hydrogen) atoms. The predicted octanol–water partition coefficient (Wildman–Crippen LogP) is 2.96. The lowest BCUT2D eigenvalue weighted by atomic mass is 9.63. The number of hydrogen-bond donors (Lipinski definition) is 1. The van der Waals surface area contributed by atoms with Crippen LogP contribution in [-0.2, 0) is 0 Å². The van der Waals surface area contributed by atoms with E-state index in [-0.39, 0.29) is 22.7 Å². The average Bonchev–Trinajstić information content (AvgIpc) is 2.25. The average molecular weight is 276 g/mol. The van der Waals surface area contributed by atoms with Crippen LogP contribution in [0.3, 0.4) is 0 Å². The number of aromatic nitrogens is 2. The maximum atomic E-state index is 12.0. The number of rotatable bonds is 3. The molecule has 0 spiro atoms. The third-order valence-corrected chi connectivity index (χ3v) is 4.14. The van der Waals surface area contributed by atoms with Crippen molar-refractivity contribution in [2.24, 2.45) is 11.3 Å². The molecule has 1 aliphatic rings. The van der Waals surface area contributed by atoms with Crippen LogP contribution < -0.4 is 11.2 Å². The van der Waals surface area contributed by atoms with Crippen LogP contribution in [-0.4, -0.2) is 9.55 Å². The van der Waals surface area contributed by atoms with Gasteiger partial charge in [0.2, 0.25) is 0 Å². The van der Waals surface area contributed by atoms with Crippen LogP contribution in [0.1, 0.15) is 59.1 Å². The Labute approximate surface area is 119 Å². The Kier molecular flexibility index (Phi) is 3.76. The lowest BCUT2D eigenvalue weighted by molar-refractivity contribution is 0.146. The normalized spacial score (nSPS) is 26.7. The molecule has 1 aromatic heterocycles. The molecule has 0 saturated heterocycles. The monoisotopic (exact) mass is 276 g/mol. The molecule has 1 aromatic rings. The van der Waals surface area contributed by atoms with Crippen LogP contribution in [0, 0.1) is 11.3 Å². The molecule has 0 aromatic carbocycles. The molecular formula is C16H24N2O2. The molecule has 1 N–H and O–H groups in total. The second-order valence-corrected chi connectivity index (χ2v) is 6.80. The van der Waals surface area contributed by atoms with Gasteiger partial charge in [-0.15, -0.1) is 0 Å². The molecule has 1 saturated carbocycles. The fourth-order valence-corrected chi connectivity index (χ4v) is 3.40. The van der Waals surface area contributed by atoms with Gasteiger partial charge in [-0.25, -0.2) is 4.79 Å². The fourth-order valence-electron chi connectivity index (χ4n) is 3.40. The molecular weight excluding hydrogens is 252 g/mol. The molecule has 110 valence electrons. The number of hydrogen-bond acceptors (Lipinski definition) is 2. The standard InChI is InChI=1S/C16H24N2O2/c1-10(2)18-9-13(14(19)17-15(18)20)12(4)8-16(5)6-11(3)7-16/h8-11H,6-7H2,1-5H3,(H,17,19,20)/b12-8+. The highest BCUT2D eigenvalue weighted by molar-refractivity contribution is 5.63. The molecule has 0 atom stereocenters. The first kappa shape index (κ1) is 14.8. The zero-order valence-corrected chi connectivity index (χ0v) is 13.0. The van der Waals surface area contributed by atoms with Crippen molar-refractivity contribution in [3.8, 4) is 0 Å². The number of H-pyrrole nitrogens is 1. The first-order valence-electron chi connectivity index (χ1n) is 7.27. The molecule has 2 rings (SSSR count). The highest BCUT2D eigenvalue weighted by atomic mass is 16.2. The molecule has 0 amide bonds. The molecule has 0 radical (unpaired) electrons. The smallest absolute Gasteiger partial charge is 0.297 e. The lowest BCUT2D eigenvalue weighted by Gasteiger charge is -2.42. The summed E-state index contributed by atoms with van der Waals surface area (Å²) in [6, 6.07) is 0.0326. The van der Waals surface area contributed by atoms with Crippen LogP contribution in [0.15, 0.2) is 21.9 Å². The minimum Gasteiger partial charge on any atom is -0.297 e. The Hall–Kier alpha value is -1.58. The molecule has 4 nitrogen and oxygen atoms in total. The molecule has 1 heterocycles. The number of nitrogens with zero attached hydrogens (tertiary/aromatic N) is 1. The molecule has 4 heteroatoms. The second-order valence-electron chi connectivity index (χ2n) is 6.80. The van der Waals surface area contributed by atoms with Crippen molar-refractivity contribution in [3.05, 3.63) is 38.7 Å². The first-order chi connectivity index (χ1) is 9.22. The van der Waals surface area contributed by atoms with Gasteiger partial charge in [0.15, 0.2) is 0 Å². The fraction of sp³-hybridized carbons (Fsp3) is 0.625. The van der Waals surface area contributed by atoms with Gasteiger partial charge in [0, 0.05) is 12.2 Å². The van der Waals surface area contributed by atoms with Gasteiger partial charge >= 0.3 is 5.69 Å². The summed E-state index contributed by atoms with van der Waals surface area (Å²) >= 11 is 0. The topological polar surface area (TPSA) is 54.9 Å². The van der Waals surface area contributed by atoms with Crippen LogP contribution >= 0.6 is 0 Å². The lowest BCUT2D eigenvalue weighted by Crippen LogP contribution is -2.33. The van der Waals surface area contributed by atoms with Crippen LogP contribution in [0.4, 0.5) is 0 Å². The van der Waals surface area contributed by atoms with Gasteiger partial charge in [0.25, 0.3) is 5.56 Å². The highest BCUT2D eigenvalue weighted by Gasteiger charge is 2.35. The van der Waals surface area contributed by atoms with Crippen LogP contribution in [0.2, 0.25) is 0 Å². The number of allylic oxidation sites excluding steroid dienone is 2. The van der Waals surface area contributed by atoms with Crippen molar-refractivity contribution in [3.63, 3.8) is 0 Å². The van der Waals surface area contributed by atoms with E-state index in [4.69, 9.17) is 0 Å². The highest BCUT2D eigenvalue weighted by Crippen LogP contribution is 2.47. The summed E-state index contributed by atoms with van der Waals surface area (Å²) in [5.41, 5.74) is 1.10. The zero-order chi connectivity index (χ0) is 15.1. The number of aromatic amines is 1. The van der Waals surface area contributed by atoms with Gasteiger partial charge in [-0.05, 0) is 50.5 Å². The van der Waals surface area contributed by atoms with Crippen molar-refractivity contribution < 1.29 is 0 Å². The van der Waals surface area contributed by atoms with E-state index in [1.807, 2.05) is 20.8 Å². The Bertz CT molecular complexity index is 643. The van der Waals surface area contributed by atoms with E-state index in [1.165, 1.54) is 0 Å². The Morgan fingerprint density at radius 3 is 2.55 bits per heavy atom. The van der Waals surface area contributed by atoms with E-state index in [1.54, 1.807) is 10.8 Å². The molecule has 0 unspecified atom stereocenters. The van der Waals surface area contributed by atoms with Crippen molar-refractivity contribution in [2.75, 3.05) is 0 Å². The van der Waals surface area contributed by atoms with Gasteiger partial charge in [0.1, 0.15) is 0 Å². The van der Waals surface area contributed by atoms with E-state index >= 15 is 0 Å². The molecule has 0 aliphatic heterocycles. The molecule has 0 bridgehead atoms. The summed E-state index contributed by atoms with van der Waals surface area (Å²) in [5.74, 6) is 0.756. The predicted molar refractivity (Wildman–Crippen MR) is 81.9 cm³/mol. The van der Waals surface area contributed by atoms with Gasteiger partial charge in [-0.2, -0.15) is 0 Å². The molecule has 1 aliphatic carbocycles. The summed E-state index contributed by atoms with van der Waals surface area (Å²) in [6.07, 6.45) is 6.19. The zero-order valence-electron chi connectivity index (χ0n) is 13.0. The minimum atomic E-state index is -0.343. The Balaban J connectivity index is 2.42. The van der Waals surface area contributed by atoms with E-state index in [0.717, 1.165) is 24.3 Å². The number of nitrogens with one attached hydrogen (secondary N) is 1. The maximum Gasteiger partial charge on any atom is 0.328 e. The van der Waals surface area contributed by atoms with Crippen molar-refractivity contribution in [1.29, 1.82) is 0 Å². The van der Waals surface area contributed by atoms with Crippen LogP contribution in [0.25, 0.3) is 5.57 Å². The summed E-state index contributed by atoms with van der Waals surface area (Å²) in [7, 11) is 0. The minimum absolute atomic E-state index is 0.0326. The van der Waals surface area contributed by atoms with Gasteiger partial charge in [0.05, 0.1) is 5.56 Å². The van der Waals surface area contributed by atoms with E-state index in [2.05, 4.69) is 24.9 Å². The van der Waals surface area contributed by atoms with Gasteiger partial charge < -0.3 is 0 Å². The second kappa shape index (κ2) is 5.08. The maximum absolute atomic E-state index is 12.0. The summed E-state index contributed by atoms with van der Waals surface area (Å²) < 4.78 is 1.57. The molecule has 1 fully saturated rings. The third-order valence-electron chi connectivity index (χ3n) is 4.14. The summed E-state index contributed by atoms with van der Waals surface area (Å²) in [5, 5.41) is 0. The first-order valence-corrected chi connectivity index (χ1v) is 7.27. The van der Waals surface area contributed by atoms with E-state index in [9.17, 15) is 9.59 Å². The van der Waals surface area contributed by atoms with Gasteiger partial charge in [-0.1, -0.05) is 19.9 Å². The Morgan fingerprint density at radius 1 is 1.45 bits per heavy atom. The summed E-state index contributed by atoms with van der Waals surface area (Å²) in [6.45, 7) is 10.3. The quantitative estimate of drug-likeness (QED) is 0.922. The van der Waals surface area contributed by atoms with Crippen molar-refractivity contribution >= 4 is 5.57 Å².